The molecule has 0 spiro atoms. The van der Waals surface area contributed by atoms with Gasteiger partial charge in [0.05, 0.1) is 26.4 Å². The highest BCUT2D eigenvalue weighted by Gasteiger charge is 2.34. The maximum atomic E-state index is 12.6. The van der Waals surface area contributed by atoms with Gasteiger partial charge in [0.2, 0.25) is 10.0 Å². The molecule has 1 unspecified atom stereocenters. The Hall–Kier alpha value is -1.75. The third-order valence-electron chi connectivity index (χ3n) is 4.00. The van der Waals surface area contributed by atoms with Gasteiger partial charge in [-0.15, -0.1) is 0 Å². The predicted octanol–water partition coefficient (Wildman–Crippen LogP) is -0.608. The lowest BCUT2D eigenvalue weighted by molar-refractivity contribution is -0.153. The smallest absolute Gasteiger partial charge is 0.334 e. The van der Waals surface area contributed by atoms with Gasteiger partial charge in [-0.2, -0.15) is 4.31 Å². The number of carboxylic acid groups (broad SMARTS) is 1. The Morgan fingerprint density at radius 1 is 1.21 bits per heavy atom. The van der Waals surface area contributed by atoms with Gasteiger partial charge in [-0.3, -0.25) is 0 Å². The van der Waals surface area contributed by atoms with Gasteiger partial charge in [0.15, 0.2) is 6.10 Å². The first-order chi connectivity index (χ1) is 11.5. The zero-order valence-corrected chi connectivity index (χ0v) is 13.8. The molecule has 3 rings (SSSR count). The molecule has 0 radical (unpaired) electrons. The molecule has 132 valence electrons. The number of carbonyl (C=O) groups is 1. The fourth-order valence-electron chi connectivity index (χ4n) is 2.65. The second-order valence-electron chi connectivity index (χ2n) is 5.51. The highest BCUT2D eigenvalue weighted by Crippen LogP contribution is 2.21. The Labute approximate surface area is 139 Å². The fraction of sp³-hybridized carbons (Fsp3) is 0.571. The Kier molecular flexibility index (Phi) is 4.99. The molecule has 0 amide bonds. The van der Waals surface area contributed by atoms with Crippen molar-refractivity contribution in [1.29, 1.82) is 0 Å². The van der Waals surface area contributed by atoms with Gasteiger partial charge in [-0.25, -0.2) is 18.2 Å². The molecular weight excluding hydrogens is 338 g/mol. The Balaban J connectivity index is 1.75. The molecule has 0 aliphatic carbocycles. The van der Waals surface area contributed by atoms with Crippen LogP contribution in [-0.4, -0.2) is 80.9 Å². The summed E-state index contributed by atoms with van der Waals surface area (Å²) < 4.78 is 36.8. The number of aliphatic carboxylic acids is 1. The number of anilines is 1. The van der Waals surface area contributed by atoms with Crippen molar-refractivity contribution in [1.82, 2.24) is 9.29 Å². The van der Waals surface area contributed by atoms with Gasteiger partial charge in [0.25, 0.3) is 0 Å². The van der Waals surface area contributed by atoms with Crippen LogP contribution in [0.4, 0.5) is 5.82 Å². The largest absolute Gasteiger partial charge is 0.479 e. The molecule has 2 aliphatic rings. The molecule has 0 saturated carbocycles. The molecule has 9 nitrogen and oxygen atoms in total. The molecular formula is C14H19N3O6S. The maximum absolute atomic E-state index is 12.6. The normalized spacial score (nSPS) is 23.2. The van der Waals surface area contributed by atoms with E-state index >= 15 is 0 Å². The van der Waals surface area contributed by atoms with Crippen molar-refractivity contribution in [2.75, 3.05) is 50.9 Å². The number of nitrogens with zero attached hydrogens (tertiary/aromatic N) is 3. The number of pyridine rings is 1. The molecule has 0 aromatic carbocycles. The molecule has 24 heavy (non-hydrogen) atoms. The average molecular weight is 357 g/mol. The SMILES string of the molecule is O=C(O)C1CN(S(=O)(=O)c2ccc(N3CCOCC3)nc2)CCO1. The minimum Gasteiger partial charge on any atom is -0.479 e. The topological polar surface area (TPSA) is 109 Å². The molecule has 1 aromatic rings. The monoisotopic (exact) mass is 357 g/mol. The van der Waals surface area contributed by atoms with Crippen LogP contribution in [0.25, 0.3) is 0 Å². The van der Waals surface area contributed by atoms with Gasteiger partial charge in [-0.05, 0) is 12.1 Å². The van der Waals surface area contributed by atoms with Crippen LogP contribution < -0.4 is 4.90 Å². The van der Waals surface area contributed by atoms with Gasteiger partial charge in [0.1, 0.15) is 10.7 Å². The number of morpholine rings is 2. The number of sulfonamides is 1. The van der Waals surface area contributed by atoms with Crippen LogP contribution in [0.3, 0.4) is 0 Å². The quantitative estimate of drug-likeness (QED) is 0.760. The first-order valence-electron chi connectivity index (χ1n) is 7.62. The molecule has 0 bridgehead atoms. The molecule has 1 atom stereocenters. The first-order valence-corrected chi connectivity index (χ1v) is 9.06. The predicted molar refractivity (Wildman–Crippen MR) is 83.4 cm³/mol. The summed E-state index contributed by atoms with van der Waals surface area (Å²) in [5.74, 6) is -0.474. The van der Waals surface area contributed by atoms with E-state index in [-0.39, 0.29) is 24.6 Å². The van der Waals surface area contributed by atoms with Crippen molar-refractivity contribution >= 4 is 21.8 Å². The summed E-state index contributed by atoms with van der Waals surface area (Å²) in [5.41, 5.74) is 0. The third-order valence-corrected chi connectivity index (χ3v) is 5.85. The van der Waals surface area contributed by atoms with E-state index in [2.05, 4.69) is 4.98 Å². The van der Waals surface area contributed by atoms with Crippen molar-refractivity contribution in [3.8, 4) is 0 Å². The van der Waals surface area contributed by atoms with Gasteiger partial charge < -0.3 is 19.5 Å². The molecule has 2 aliphatic heterocycles. The standard InChI is InChI=1S/C14H19N3O6S/c18-14(19)12-10-17(5-8-23-12)24(20,21)11-1-2-13(15-9-11)16-3-6-22-7-4-16/h1-2,9,12H,3-8,10H2,(H,18,19). The first kappa shape index (κ1) is 17.1. The summed E-state index contributed by atoms with van der Waals surface area (Å²) in [4.78, 5) is 17.3. The molecule has 10 heteroatoms. The lowest BCUT2D eigenvalue weighted by Crippen LogP contribution is -2.48. The second-order valence-corrected chi connectivity index (χ2v) is 7.45. The summed E-state index contributed by atoms with van der Waals surface area (Å²) in [6, 6.07) is 3.16. The van der Waals surface area contributed by atoms with E-state index in [4.69, 9.17) is 14.6 Å². The number of hydrogen-bond acceptors (Lipinski definition) is 7. The van der Waals surface area contributed by atoms with Crippen LogP contribution in [0, 0.1) is 0 Å². The molecule has 1 N–H and O–H groups in total. The summed E-state index contributed by atoms with van der Waals surface area (Å²) in [5, 5.41) is 9.00. The van der Waals surface area contributed by atoms with Gasteiger partial charge in [0, 0.05) is 25.8 Å². The number of aromatic nitrogens is 1. The zero-order chi connectivity index (χ0) is 17.2. The van der Waals surface area contributed by atoms with E-state index in [1.54, 1.807) is 6.07 Å². The number of carboxylic acids is 1. The number of rotatable bonds is 4. The molecule has 1 aromatic heterocycles. The molecule has 3 heterocycles. The summed E-state index contributed by atoms with van der Waals surface area (Å²) in [6.45, 7) is 2.62. The Bertz CT molecular complexity index is 687. The second kappa shape index (κ2) is 7.01. The average Bonchev–Trinajstić information content (AvgIpc) is 2.62. The van der Waals surface area contributed by atoms with E-state index < -0.39 is 22.1 Å². The van der Waals surface area contributed by atoms with Crippen LogP contribution in [0.15, 0.2) is 23.2 Å². The van der Waals surface area contributed by atoms with Crippen molar-refractivity contribution in [3.63, 3.8) is 0 Å². The highest BCUT2D eigenvalue weighted by atomic mass is 32.2. The van der Waals surface area contributed by atoms with Gasteiger partial charge in [-0.1, -0.05) is 0 Å². The van der Waals surface area contributed by atoms with Crippen LogP contribution in [0.5, 0.6) is 0 Å². The lowest BCUT2D eigenvalue weighted by Gasteiger charge is -2.30. The molecule has 2 saturated heterocycles. The third kappa shape index (κ3) is 3.51. The van der Waals surface area contributed by atoms with Crippen molar-refractivity contribution in [2.45, 2.75) is 11.0 Å². The minimum absolute atomic E-state index is 0.0468. The van der Waals surface area contributed by atoms with Crippen LogP contribution in [-0.2, 0) is 24.3 Å². The van der Waals surface area contributed by atoms with Crippen LogP contribution in [0.1, 0.15) is 0 Å². The van der Waals surface area contributed by atoms with E-state index in [1.165, 1.54) is 12.3 Å². The van der Waals surface area contributed by atoms with Crippen molar-refractivity contribution in [2.24, 2.45) is 0 Å². The minimum atomic E-state index is -3.79. The van der Waals surface area contributed by atoms with E-state index in [0.29, 0.717) is 32.1 Å². The number of ether oxygens (including phenoxy) is 2. The van der Waals surface area contributed by atoms with Crippen molar-refractivity contribution < 1.29 is 27.8 Å². The zero-order valence-electron chi connectivity index (χ0n) is 13.0. The Morgan fingerprint density at radius 3 is 2.58 bits per heavy atom. The van der Waals surface area contributed by atoms with E-state index in [9.17, 15) is 13.2 Å². The summed E-state index contributed by atoms with van der Waals surface area (Å²) in [6.07, 6.45) is 0.167. The highest BCUT2D eigenvalue weighted by molar-refractivity contribution is 7.89. The van der Waals surface area contributed by atoms with Crippen LogP contribution >= 0.6 is 0 Å². The maximum Gasteiger partial charge on any atom is 0.334 e. The number of hydrogen-bond donors (Lipinski definition) is 1. The lowest BCUT2D eigenvalue weighted by atomic mass is 10.3. The van der Waals surface area contributed by atoms with E-state index in [0.717, 1.165) is 4.31 Å². The van der Waals surface area contributed by atoms with E-state index in [1.807, 2.05) is 4.90 Å². The Morgan fingerprint density at radius 2 is 1.96 bits per heavy atom. The van der Waals surface area contributed by atoms with Crippen molar-refractivity contribution in [3.05, 3.63) is 18.3 Å². The molecule has 2 fully saturated rings. The summed E-state index contributed by atoms with van der Waals surface area (Å²) in [7, 11) is -3.79. The van der Waals surface area contributed by atoms with Crippen LogP contribution in [0.2, 0.25) is 0 Å². The fourth-order valence-corrected chi connectivity index (χ4v) is 4.02. The van der Waals surface area contributed by atoms with Gasteiger partial charge >= 0.3 is 5.97 Å². The summed E-state index contributed by atoms with van der Waals surface area (Å²) >= 11 is 0.